The Morgan fingerprint density at radius 2 is 1.26 bits per heavy atom. The minimum absolute atomic E-state index is 0. The molecule has 4 aliphatic heterocycles. The van der Waals surface area contributed by atoms with E-state index in [0.29, 0.717) is 17.3 Å². The number of nitrogens with one attached hydrogen (secondary N) is 1. The number of hydrogen-bond acceptors (Lipinski definition) is 4. The molecule has 2 aromatic carbocycles. The zero-order valence-corrected chi connectivity index (χ0v) is 24.4. The van der Waals surface area contributed by atoms with Gasteiger partial charge in [-0.05, 0) is 94.2 Å². The van der Waals surface area contributed by atoms with Gasteiger partial charge < -0.3 is 10.2 Å². The number of rotatable bonds is 5. The molecule has 4 aliphatic rings. The van der Waals surface area contributed by atoms with Gasteiger partial charge in [0.25, 0.3) is 0 Å². The maximum atomic E-state index is 11.7. The third kappa shape index (κ3) is 7.26. The fraction of sp³-hybridized carbons (Fsp3) is 0.594. The quantitative estimate of drug-likeness (QED) is 0.482. The minimum Gasteiger partial charge on any atom is -0.340 e. The molecule has 4 heterocycles. The fourth-order valence-electron chi connectivity index (χ4n) is 6.95. The molecule has 208 valence electrons. The van der Waals surface area contributed by atoms with Crippen molar-refractivity contribution in [3.63, 3.8) is 0 Å². The zero-order valence-electron chi connectivity index (χ0n) is 22.8. The number of alkyl halides is 1. The Labute approximate surface area is 239 Å². The van der Waals surface area contributed by atoms with Crippen LogP contribution in [0, 0.1) is 0 Å². The van der Waals surface area contributed by atoms with Gasteiger partial charge in [0.2, 0.25) is 5.91 Å². The van der Waals surface area contributed by atoms with Crippen LogP contribution in [0.4, 0.5) is 0 Å². The van der Waals surface area contributed by atoms with Crippen molar-refractivity contribution in [2.75, 3.05) is 57.7 Å². The van der Waals surface area contributed by atoms with Gasteiger partial charge in [-0.15, -0.1) is 0 Å². The van der Waals surface area contributed by atoms with E-state index in [9.17, 15) is 4.79 Å². The molecule has 4 saturated heterocycles. The van der Waals surface area contributed by atoms with Gasteiger partial charge in [-0.3, -0.25) is 14.6 Å². The Morgan fingerprint density at radius 1 is 0.737 bits per heavy atom. The van der Waals surface area contributed by atoms with Crippen LogP contribution in [0.2, 0.25) is 0 Å². The van der Waals surface area contributed by atoms with E-state index in [2.05, 4.69) is 91.7 Å². The highest BCUT2D eigenvalue weighted by Crippen LogP contribution is 2.31. The van der Waals surface area contributed by atoms with Crippen LogP contribution in [-0.4, -0.2) is 90.4 Å². The van der Waals surface area contributed by atoms with E-state index in [4.69, 9.17) is 0 Å². The maximum absolute atomic E-state index is 11.7. The number of amides is 1. The summed E-state index contributed by atoms with van der Waals surface area (Å²) in [7, 11) is 0. The van der Waals surface area contributed by atoms with Gasteiger partial charge >= 0.3 is 0 Å². The Balaban J connectivity index is 0.000000180. The molecule has 0 aromatic heterocycles. The van der Waals surface area contributed by atoms with Gasteiger partial charge in [0, 0.05) is 33.1 Å². The highest BCUT2D eigenvalue weighted by Gasteiger charge is 2.32. The van der Waals surface area contributed by atoms with Gasteiger partial charge in [0.05, 0.1) is 5.33 Å². The van der Waals surface area contributed by atoms with Crippen molar-refractivity contribution < 1.29 is 6.22 Å². The molecule has 0 aliphatic carbocycles. The molecule has 1 N–H and O–H groups in total. The van der Waals surface area contributed by atoms with Gasteiger partial charge in [0.15, 0.2) is 0 Å². The minimum atomic E-state index is 0. The SMILES string of the molecule is O=C(CBr)N1CCC(N2CCC(c3ccccc3)CC2)C1.[3HH].c1ccc(C2CCN(C3CCNC3)CC2)cc1. The Bertz CT molecular complexity index is 974. The Kier molecular flexibility index (Phi) is 10.3. The lowest BCUT2D eigenvalue weighted by molar-refractivity contribution is -0.127. The van der Waals surface area contributed by atoms with Crippen LogP contribution in [0.1, 0.15) is 62.9 Å². The van der Waals surface area contributed by atoms with E-state index in [1.54, 1.807) is 0 Å². The summed E-state index contributed by atoms with van der Waals surface area (Å²) in [6.45, 7) is 9.16. The molecule has 38 heavy (non-hydrogen) atoms. The van der Waals surface area contributed by atoms with Crippen molar-refractivity contribution in [2.45, 2.75) is 62.4 Å². The van der Waals surface area contributed by atoms with Crippen molar-refractivity contribution in [2.24, 2.45) is 0 Å². The average Bonchev–Trinajstić information content (AvgIpc) is 3.72. The van der Waals surface area contributed by atoms with Crippen molar-refractivity contribution in [1.29, 1.82) is 0 Å². The summed E-state index contributed by atoms with van der Waals surface area (Å²) in [4.78, 5) is 19.0. The molecule has 4 fully saturated rings. The van der Waals surface area contributed by atoms with Crippen LogP contribution < -0.4 is 5.32 Å². The highest BCUT2D eigenvalue weighted by molar-refractivity contribution is 9.09. The molecule has 6 rings (SSSR count). The summed E-state index contributed by atoms with van der Waals surface area (Å²) in [5, 5.41) is 3.93. The lowest BCUT2D eigenvalue weighted by Crippen LogP contribution is -2.43. The van der Waals surface area contributed by atoms with Gasteiger partial charge in [-0.2, -0.15) is 0 Å². The van der Waals surface area contributed by atoms with Gasteiger partial charge in [-0.25, -0.2) is 0 Å². The summed E-state index contributed by atoms with van der Waals surface area (Å²) in [5.74, 6) is 1.74. The molecule has 6 heteroatoms. The first-order chi connectivity index (χ1) is 18.7. The number of nitrogens with zero attached hydrogens (tertiary/aromatic N) is 3. The third-order valence-corrected chi connectivity index (χ3v) is 9.78. The van der Waals surface area contributed by atoms with E-state index >= 15 is 0 Å². The zero-order chi connectivity index (χ0) is 26.2. The number of halogens is 1. The molecule has 2 atom stereocenters. The number of carbonyl (C=O) groups excluding carboxylic acids is 1. The molecule has 0 radical (unpaired) electrons. The van der Waals surface area contributed by atoms with Crippen LogP contribution in [0.25, 0.3) is 0 Å². The summed E-state index contributed by atoms with van der Waals surface area (Å²) in [5.41, 5.74) is 3.02. The predicted octanol–water partition coefficient (Wildman–Crippen LogP) is 5.34. The van der Waals surface area contributed by atoms with Crippen molar-refractivity contribution in [1.82, 2.24) is 20.0 Å². The first kappa shape index (κ1) is 27.8. The van der Waals surface area contributed by atoms with E-state index in [1.165, 1.54) is 82.5 Å². The number of likely N-dealkylation sites (tertiary alicyclic amines) is 3. The summed E-state index contributed by atoms with van der Waals surface area (Å²) < 4.78 is 0. The number of hydrogen-bond donors (Lipinski definition) is 1. The summed E-state index contributed by atoms with van der Waals surface area (Å²) >= 11 is 3.27. The molecular weight excluding hydrogens is 536 g/mol. The molecule has 0 bridgehead atoms. The van der Waals surface area contributed by atoms with Crippen LogP contribution in [-0.2, 0) is 4.79 Å². The third-order valence-electron chi connectivity index (χ3n) is 9.30. The van der Waals surface area contributed by atoms with E-state index in [1.807, 2.05) is 4.90 Å². The molecule has 0 spiro atoms. The molecule has 2 aromatic rings. The van der Waals surface area contributed by atoms with Crippen molar-refractivity contribution in [3.8, 4) is 0 Å². The van der Waals surface area contributed by atoms with E-state index in [-0.39, 0.29) is 7.33 Å². The smallest absolute Gasteiger partial charge is 0.233 e. The van der Waals surface area contributed by atoms with E-state index < -0.39 is 0 Å². The first-order valence-electron chi connectivity index (χ1n) is 14.8. The Morgan fingerprint density at radius 3 is 1.74 bits per heavy atom. The lowest BCUT2D eigenvalue weighted by Gasteiger charge is -2.36. The standard InChI is InChI=1S/C17H23BrN2O.C15H22N2.H2/c18-12-17(21)20-11-8-16(13-20)19-9-6-15(7-10-19)14-4-2-1-3-5-14;1-2-4-13(5-3-1)14-7-10-17(11-8-14)15-6-9-16-12-15;/h1-5,15-16H,6-13H2;1-5,14-16H,6-12H2;1H/i;;1+2. The monoisotopic (exact) mass is 584 g/mol. The van der Waals surface area contributed by atoms with Crippen LogP contribution >= 0.6 is 15.9 Å². The van der Waals surface area contributed by atoms with Crippen molar-refractivity contribution >= 4 is 21.8 Å². The number of carbonyl (C=O) groups is 1. The second-order valence-corrected chi connectivity index (χ2v) is 12.1. The normalized spacial score (nSPS) is 25.8. The number of benzene rings is 2. The van der Waals surface area contributed by atoms with Crippen LogP contribution in [0.3, 0.4) is 0 Å². The number of piperidine rings is 2. The molecule has 2 unspecified atom stereocenters. The van der Waals surface area contributed by atoms with Gasteiger partial charge in [0.1, 0.15) is 0 Å². The second kappa shape index (κ2) is 14.1. The molecular formula is C32H47BrN4O. The fourth-order valence-corrected chi connectivity index (χ4v) is 7.30. The van der Waals surface area contributed by atoms with E-state index in [0.717, 1.165) is 31.5 Å². The Hall–Kier alpha value is -1.73. The van der Waals surface area contributed by atoms with Crippen LogP contribution in [0.5, 0.6) is 0 Å². The predicted molar refractivity (Wildman–Crippen MR) is 162 cm³/mol. The average molecular weight is 586 g/mol. The largest absolute Gasteiger partial charge is 0.340 e. The lowest BCUT2D eigenvalue weighted by atomic mass is 9.89. The molecule has 1 amide bonds. The first-order valence-corrected chi connectivity index (χ1v) is 16.0. The van der Waals surface area contributed by atoms with Crippen LogP contribution in [0.15, 0.2) is 60.7 Å². The topological polar surface area (TPSA) is 38.8 Å². The summed E-state index contributed by atoms with van der Waals surface area (Å²) in [6.07, 6.45) is 7.63. The van der Waals surface area contributed by atoms with Gasteiger partial charge in [-0.1, -0.05) is 76.6 Å². The molecule has 0 saturated carbocycles. The maximum Gasteiger partial charge on any atom is 0.233 e. The molecule has 5 nitrogen and oxygen atoms in total. The summed E-state index contributed by atoms with van der Waals surface area (Å²) in [6, 6.07) is 23.3. The highest BCUT2D eigenvalue weighted by atomic mass is 79.9. The second-order valence-electron chi connectivity index (χ2n) is 11.5. The van der Waals surface area contributed by atoms with Crippen molar-refractivity contribution in [3.05, 3.63) is 71.8 Å².